The van der Waals surface area contributed by atoms with E-state index < -0.39 is 0 Å². The molecule has 6 heteroatoms. The maximum Gasteiger partial charge on any atom is 0.149 e. The van der Waals surface area contributed by atoms with Crippen LogP contribution in [0.2, 0.25) is 0 Å². The molecular weight excluding hydrogens is 242 g/mol. The molecule has 2 heterocycles. The first-order chi connectivity index (χ1) is 9.10. The molecule has 0 amide bonds. The maximum absolute atomic E-state index is 10.8. The molecule has 0 aliphatic heterocycles. The number of nitrogens with zero attached hydrogens (tertiary/aromatic N) is 5. The fourth-order valence-electron chi connectivity index (χ4n) is 1.91. The third kappa shape index (κ3) is 3.27. The molecule has 0 radical (unpaired) electrons. The van der Waals surface area contributed by atoms with Crippen LogP contribution in [0.15, 0.2) is 23.9 Å². The summed E-state index contributed by atoms with van der Waals surface area (Å²) in [4.78, 5) is 14.9. The molecule has 102 valence electrons. The van der Waals surface area contributed by atoms with E-state index in [4.69, 9.17) is 0 Å². The zero-order valence-corrected chi connectivity index (χ0v) is 11.6. The van der Waals surface area contributed by atoms with Crippen LogP contribution in [0.1, 0.15) is 31.7 Å². The van der Waals surface area contributed by atoms with Gasteiger partial charge in [-0.25, -0.2) is 4.98 Å². The highest BCUT2D eigenvalue weighted by Gasteiger charge is 2.11. The average Bonchev–Trinajstić information content (AvgIpc) is 2.94. The lowest BCUT2D eigenvalue weighted by atomic mass is 10.1. The molecule has 2 aromatic rings. The van der Waals surface area contributed by atoms with E-state index in [9.17, 15) is 4.91 Å². The molecule has 0 bridgehead atoms. The molecular formula is C13H19N5O. The highest BCUT2D eigenvalue weighted by Crippen LogP contribution is 2.20. The third-order valence-corrected chi connectivity index (χ3v) is 3.11. The summed E-state index contributed by atoms with van der Waals surface area (Å²) in [6.07, 6.45) is 7.04. The lowest BCUT2D eigenvalue weighted by Crippen LogP contribution is -2.05. The van der Waals surface area contributed by atoms with E-state index in [0.717, 1.165) is 24.2 Å². The van der Waals surface area contributed by atoms with Crippen LogP contribution in [0.5, 0.6) is 0 Å². The maximum atomic E-state index is 10.8. The van der Waals surface area contributed by atoms with Crippen molar-refractivity contribution in [2.24, 2.45) is 18.1 Å². The fraction of sp³-hybridized carbons (Fsp3) is 0.538. The summed E-state index contributed by atoms with van der Waals surface area (Å²) in [5, 5.41) is 7.52. The fourth-order valence-corrected chi connectivity index (χ4v) is 1.91. The van der Waals surface area contributed by atoms with Gasteiger partial charge in [-0.05, 0) is 23.9 Å². The van der Waals surface area contributed by atoms with Crippen molar-refractivity contribution in [2.45, 2.75) is 33.2 Å². The number of nitroso groups, excluding NO2 is 1. The molecule has 0 aromatic carbocycles. The van der Waals surface area contributed by atoms with Gasteiger partial charge in [-0.15, -0.1) is 4.91 Å². The minimum atomic E-state index is 0.447. The second-order valence-electron chi connectivity index (χ2n) is 5.18. The molecule has 2 aromatic heterocycles. The molecule has 0 unspecified atom stereocenters. The van der Waals surface area contributed by atoms with Gasteiger partial charge in [0.05, 0.1) is 36.7 Å². The van der Waals surface area contributed by atoms with Gasteiger partial charge in [-0.3, -0.25) is 4.68 Å². The van der Waals surface area contributed by atoms with Gasteiger partial charge >= 0.3 is 0 Å². The minimum absolute atomic E-state index is 0.447. The Morgan fingerprint density at radius 2 is 2.21 bits per heavy atom. The standard InChI is InChI=1S/C13H19N5O/c1-10(2)4-5-12-13(16-19)8-18(15-12)7-11-6-14-9-17(11)3/h6,8-10H,4-5,7H2,1-3H3. The van der Waals surface area contributed by atoms with Gasteiger partial charge in [-0.1, -0.05) is 13.8 Å². The van der Waals surface area contributed by atoms with Gasteiger partial charge in [-0.2, -0.15) is 5.10 Å². The monoisotopic (exact) mass is 261 g/mol. The summed E-state index contributed by atoms with van der Waals surface area (Å²) in [5.41, 5.74) is 2.27. The van der Waals surface area contributed by atoms with Crippen LogP contribution < -0.4 is 0 Å². The Morgan fingerprint density at radius 3 is 2.79 bits per heavy atom. The Morgan fingerprint density at radius 1 is 1.42 bits per heavy atom. The number of rotatable bonds is 6. The SMILES string of the molecule is CC(C)CCc1nn(Cc2cncn2C)cc1N=O. The minimum Gasteiger partial charge on any atom is -0.336 e. The van der Waals surface area contributed by atoms with E-state index in [1.807, 2.05) is 11.6 Å². The first kappa shape index (κ1) is 13.5. The van der Waals surface area contributed by atoms with Crippen molar-refractivity contribution in [3.63, 3.8) is 0 Å². The summed E-state index contributed by atoms with van der Waals surface area (Å²) in [6, 6.07) is 0. The normalized spacial score (nSPS) is 11.2. The quantitative estimate of drug-likeness (QED) is 0.751. The number of aromatic nitrogens is 4. The molecule has 19 heavy (non-hydrogen) atoms. The topological polar surface area (TPSA) is 65.1 Å². The molecule has 6 nitrogen and oxygen atoms in total. The molecule has 0 N–H and O–H groups in total. The van der Waals surface area contributed by atoms with Gasteiger partial charge in [0.25, 0.3) is 0 Å². The summed E-state index contributed by atoms with van der Waals surface area (Å²) in [6.45, 7) is 4.90. The Bertz CT molecular complexity index is 555. The van der Waals surface area contributed by atoms with Crippen LogP contribution in [0, 0.1) is 10.8 Å². The van der Waals surface area contributed by atoms with Crippen molar-refractivity contribution < 1.29 is 0 Å². The van der Waals surface area contributed by atoms with Crippen molar-refractivity contribution in [1.82, 2.24) is 19.3 Å². The van der Waals surface area contributed by atoms with Gasteiger partial charge < -0.3 is 4.57 Å². The van der Waals surface area contributed by atoms with Gasteiger partial charge in [0.2, 0.25) is 0 Å². The summed E-state index contributed by atoms with van der Waals surface area (Å²) in [7, 11) is 1.93. The number of imidazole rings is 1. The largest absolute Gasteiger partial charge is 0.336 e. The second kappa shape index (κ2) is 5.77. The number of hydrogen-bond acceptors (Lipinski definition) is 4. The van der Waals surface area contributed by atoms with Crippen LogP contribution in [0.4, 0.5) is 5.69 Å². The van der Waals surface area contributed by atoms with Crippen molar-refractivity contribution in [1.29, 1.82) is 0 Å². The Balaban J connectivity index is 2.14. The van der Waals surface area contributed by atoms with Crippen molar-refractivity contribution in [3.05, 3.63) is 35.0 Å². The number of aryl methyl sites for hydroxylation is 2. The van der Waals surface area contributed by atoms with Gasteiger partial charge in [0, 0.05) is 7.05 Å². The van der Waals surface area contributed by atoms with E-state index in [1.165, 1.54) is 0 Å². The predicted molar refractivity (Wildman–Crippen MR) is 73.2 cm³/mol. The average molecular weight is 261 g/mol. The molecule has 0 saturated heterocycles. The van der Waals surface area contributed by atoms with E-state index in [0.29, 0.717) is 18.2 Å². The molecule has 0 atom stereocenters. The zero-order valence-electron chi connectivity index (χ0n) is 11.6. The summed E-state index contributed by atoms with van der Waals surface area (Å²) < 4.78 is 3.69. The Labute approximate surface area is 112 Å². The molecule has 2 rings (SSSR count). The van der Waals surface area contributed by atoms with E-state index >= 15 is 0 Å². The molecule has 0 aliphatic carbocycles. The highest BCUT2D eigenvalue weighted by atomic mass is 16.3. The predicted octanol–water partition coefficient (Wildman–Crippen LogP) is 2.65. The second-order valence-corrected chi connectivity index (χ2v) is 5.18. The third-order valence-electron chi connectivity index (χ3n) is 3.11. The van der Waals surface area contributed by atoms with Crippen molar-refractivity contribution in [2.75, 3.05) is 0 Å². The van der Waals surface area contributed by atoms with Gasteiger partial charge in [0.15, 0.2) is 0 Å². The van der Waals surface area contributed by atoms with Crippen LogP contribution in [-0.4, -0.2) is 19.3 Å². The number of hydrogen-bond donors (Lipinski definition) is 0. The lowest BCUT2D eigenvalue weighted by molar-refractivity contribution is 0.570. The highest BCUT2D eigenvalue weighted by molar-refractivity contribution is 5.39. The van der Waals surface area contributed by atoms with Crippen LogP contribution in [0.25, 0.3) is 0 Å². The van der Waals surface area contributed by atoms with Crippen molar-refractivity contribution in [3.8, 4) is 0 Å². The van der Waals surface area contributed by atoms with Crippen LogP contribution >= 0.6 is 0 Å². The Hall–Kier alpha value is -1.98. The first-order valence-corrected chi connectivity index (χ1v) is 6.45. The van der Waals surface area contributed by atoms with Crippen LogP contribution in [-0.2, 0) is 20.0 Å². The molecule has 0 saturated carbocycles. The zero-order chi connectivity index (χ0) is 13.8. The van der Waals surface area contributed by atoms with E-state index in [2.05, 4.69) is 29.1 Å². The smallest absolute Gasteiger partial charge is 0.149 e. The Kier molecular flexibility index (Phi) is 4.09. The molecule has 0 spiro atoms. The van der Waals surface area contributed by atoms with Gasteiger partial charge in [0.1, 0.15) is 5.69 Å². The first-order valence-electron chi connectivity index (χ1n) is 6.45. The van der Waals surface area contributed by atoms with E-state index in [1.54, 1.807) is 23.4 Å². The van der Waals surface area contributed by atoms with E-state index in [-0.39, 0.29) is 0 Å². The molecule has 0 fully saturated rings. The lowest BCUT2D eigenvalue weighted by Gasteiger charge is -2.03. The summed E-state index contributed by atoms with van der Waals surface area (Å²) in [5.74, 6) is 0.585. The van der Waals surface area contributed by atoms with Crippen LogP contribution in [0.3, 0.4) is 0 Å². The molecule has 0 aliphatic rings. The van der Waals surface area contributed by atoms with Crippen molar-refractivity contribution >= 4 is 5.69 Å². The summed E-state index contributed by atoms with van der Waals surface area (Å²) >= 11 is 0.